The molecule has 79 heavy (non-hydrogen) atoms. The summed E-state index contributed by atoms with van der Waals surface area (Å²) in [6.45, 7) is 25.8. The van der Waals surface area contributed by atoms with Crippen LogP contribution >= 0.6 is 0 Å². The minimum atomic E-state index is -0.511. The molecule has 18 heteroatoms. The highest BCUT2D eigenvalue weighted by molar-refractivity contribution is 5.79. The zero-order chi connectivity index (χ0) is 58.5. The van der Waals surface area contributed by atoms with Crippen LogP contribution in [0.25, 0.3) is 0 Å². The molecule has 0 saturated carbocycles. The van der Waals surface area contributed by atoms with Crippen molar-refractivity contribution in [3.63, 3.8) is 0 Å². The molecule has 0 spiro atoms. The molecule has 0 bridgehead atoms. The number of rotatable bonds is 61. The van der Waals surface area contributed by atoms with Gasteiger partial charge >= 0.3 is 6.09 Å². The number of carbonyl (C=O) groups excluding carboxylic acids is 3. The van der Waals surface area contributed by atoms with Gasteiger partial charge in [0.05, 0.1) is 151 Å². The number of carbonyl (C=O) groups is 3. The Labute approximate surface area is 482 Å². The number of hydrogen-bond acceptors (Lipinski definition) is 16. The van der Waals surface area contributed by atoms with Crippen molar-refractivity contribution in [3.05, 3.63) is 12.2 Å². The number of ether oxygens (including phenoxy) is 12. The molecule has 0 aromatic rings. The van der Waals surface area contributed by atoms with E-state index in [1.807, 2.05) is 34.6 Å². The summed E-state index contributed by atoms with van der Waals surface area (Å²) in [5.41, 5.74) is 4.81. The van der Waals surface area contributed by atoms with Crippen LogP contribution in [0.5, 0.6) is 0 Å². The van der Waals surface area contributed by atoms with Crippen molar-refractivity contribution in [2.75, 3.05) is 158 Å². The van der Waals surface area contributed by atoms with Crippen molar-refractivity contribution in [3.8, 4) is 0 Å². The van der Waals surface area contributed by atoms with Crippen LogP contribution in [0.4, 0.5) is 4.79 Å². The normalized spacial score (nSPS) is 11.7. The van der Waals surface area contributed by atoms with Crippen molar-refractivity contribution >= 4 is 18.3 Å². The standard InChI is InChI=1S/C30H57NO2.C29H60N2O13.C2H6/c1-3-5-7-9-11-13-14-15-16-17-19-20-22-24-26-29(28-32)31-30(33)27-25-23-21-18-12-10-8-6-4-2;1-29(2,3)44-28(32)31-5-7-34-9-11-36-13-15-38-17-19-40-21-23-42-25-27-43-26-24-41-22-20-39-18-16-37-14-12-35-10-8-33-6-4-30;1-2/h22,24,28-29H,3-21,23,25-27H2,1-2H3,(H,31,33);4-27,30H2,1-3H3,(H,31,32);1-2H3/b24-22+;;. The van der Waals surface area contributed by atoms with E-state index in [0.717, 1.165) is 25.5 Å². The fourth-order valence-electron chi connectivity index (χ4n) is 7.23. The number of allylic oxidation sites excluding steroid dienone is 1. The molecule has 4 N–H and O–H groups in total. The number of hydrogen-bond donors (Lipinski definition) is 3. The highest BCUT2D eigenvalue weighted by atomic mass is 16.6. The maximum atomic E-state index is 12.1. The second-order valence-electron chi connectivity index (χ2n) is 19.9. The Bertz CT molecular complexity index is 1220. The predicted molar refractivity (Wildman–Crippen MR) is 318 cm³/mol. The van der Waals surface area contributed by atoms with Gasteiger partial charge in [-0.15, -0.1) is 0 Å². The Balaban J connectivity index is -0.00000147. The van der Waals surface area contributed by atoms with E-state index in [4.69, 9.17) is 62.6 Å². The minimum absolute atomic E-state index is 0.0220. The monoisotopic (exact) mass is 1140 g/mol. The molecule has 1 atom stereocenters. The van der Waals surface area contributed by atoms with Crippen molar-refractivity contribution < 1.29 is 71.2 Å². The van der Waals surface area contributed by atoms with E-state index in [1.54, 1.807) is 0 Å². The maximum Gasteiger partial charge on any atom is 0.407 e. The summed E-state index contributed by atoms with van der Waals surface area (Å²) >= 11 is 0. The number of alkyl carbamates (subject to hydrolysis) is 1. The average Bonchev–Trinajstić information content (AvgIpc) is 3.43. The minimum Gasteiger partial charge on any atom is -0.444 e. The highest BCUT2D eigenvalue weighted by Gasteiger charge is 2.15. The maximum absolute atomic E-state index is 12.1. The number of nitrogens with two attached hydrogens (primary N) is 1. The zero-order valence-electron chi connectivity index (χ0n) is 51.7. The molecule has 0 fully saturated rings. The third-order valence-electron chi connectivity index (χ3n) is 11.4. The van der Waals surface area contributed by atoms with Gasteiger partial charge in [-0.25, -0.2) is 4.79 Å². The molecule has 0 aliphatic heterocycles. The van der Waals surface area contributed by atoms with Gasteiger partial charge in [0.1, 0.15) is 11.9 Å². The smallest absolute Gasteiger partial charge is 0.407 e. The molecule has 18 nitrogen and oxygen atoms in total. The van der Waals surface area contributed by atoms with Gasteiger partial charge in [-0.2, -0.15) is 0 Å². The van der Waals surface area contributed by atoms with Crippen molar-refractivity contribution in [2.45, 2.75) is 208 Å². The zero-order valence-corrected chi connectivity index (χ0v) is 51.7. The summed E-state index contributed by atoms with van der Waals surface area (Å²) in [4.78, 5) is 34.8. The Morgan fingerprint density at radius 1 is 0.430 bits per heavy atom. The molecule has 0 aromatic heterocycles. The first-order valence-electron chi connectivity index (χ1n) is 31.1. The summed E-state index contributed by atoms with van der Waals surface area (Å²) in [6, 6.07) is -0.371. The van der Waals surface area contributed by atoms with E-state index in [-0.39, 0.29) is 11.9 Å². The summed E-state index contributed by atoms with van der Waals surface area (Å²) in [5, 5.41) is 5.51. The Kier molecular flexibility index (Phi) is 73.5. The van der Waals surface area contributed by atoms with Crippen LogP contribution in [-0.4, -0.2) is 188 Å². The summed E-state index contributed by atoms with van der Waals surface area (Å²) < 4.78 is 64.7. The van der Waals surface area contributed by atoms with Crippen LogP contribution < -0.4 is 16.4 Å². The first-order valence-corrected chi connectivity index (χ1v) is 31.1. The molecule has 0 heterocycles. The third-order valence-corrected chi connectivity index (χ3v) is 11.4. The van der Waals surface area contributed by atoms with Crippen LogP contribution in [-0.2, 0) is 66.4 Å². The van der Waals surface area contributed by atoms with Crippen molar-refractivity contribution in [1.82, 2.24) is 10.6 Å². The van der Waals surface area contributed by atoms with E-state index in [0.29, 0.717) is 171 Å². The molecule has 0 aliphatic rings. The van der Waals surface area contributed by atoms with Gasteiger partial charge < -0.3 is 78.0 Å². The average molecular weight is 1140 g/mol. The van der Waals surface area contributed by atoms with Gasteiger partial charge in [0, 0.05) is 19.5 Å². The molecule has 2 amide bonds. The van der Waals surface area contributed by atoms with Gasteiger partial charge in [-0.05, 0) is 46.5 Å². The Morgan fingerprint density at radius 2 is 0.734 bits per heavy atom. The fourth-order valence-corrected chi connectivity index (χ4v) is 7.23. The van der Waals surface area contributed by atoms with Crippen molar-refractivity contribution in [1.29, 1.82) is 0 Å². The lowest BCUT2D eigenvalue weighted by Gasteiger charge is -2.19. The number of amides is 2. The van der Waals surface area contributed by atoms with Gasteiger partial charge in [0.25, 0.3) is 0 Å². The largest absolute Gasteiger partial charge is 0.444 e. The van der Waals surface area contributed by atoms with E-state index in [9.17, 15) is 14.4 Å². The molecular formula is C61H123N3O15. The van der Waals surface area contributed by atoms with E-state index in [2.05, 4.69) is 36.6 Å². The topological polar surface area (TPSA) is 212 Å². The molecule has 1 unspecified atom stereocenters. The summed E-state index contributed by atoms with van der Waals surface area (Å²) in [5.74, 6) is 0.0220. The number of aldehydes is 1. The molecule has 0 saturated heterocycles. The SMILES string of the molecule is CC.CC(C)(C)OC(=O)NCCOCCOCCOCCOCCOCCOCCOCCOCCOCCOCCOCCN.CCCCCCCCCCCCC/C=C/CC(C=O)NC(=O)CCCCCCCCCCC. The third kappa shape index (κ3) is 77.8. The lowest BCUT2D eigenvalue weighted by atomic mass is 10.1. The lowest BCUT2D eigenvalue weighted by molar-refractivity contribution is -0.124. The van der Waals surface area contributed by atoms with E-state index in [1.165, 1.54) is 116 Å². The number of nitrogens with one attached hydrogen (secondary N) is 2. The van der Waals surface area contributed by atoms with Gasteiger partial charge in [-0.1, -0.05) is 155 Å². The van der Waals surface area contributed by atoms with E-state index >= 15 is 0 Å². The summed E-state index contributed by atoms with van der Waals surface area (Å²) in [7, 11) is 0. The van der Waals surface area contributed by atoms with Gasteiger partial charge in [0.15, 0.2) is 0 Å². The van der Waals surface area contributed by atoms with Crippen LogP contribution in [0.3, 0.4) is 0 Å². The van der Waals surface area contributed by atoms with Crippen LogP contribution in [0.1, 0.15) is 196 Å². The second kappa shape index (κ2) is 71.8. The Morgan fingerprint density at radius 3 is 1.05 bits per heavy atom. The molecule has 0 rings (SSSR count). The van der Waals surface area contributed by atoms with Crippen LogP contribution in [0, 0.1) is 0 Å². The first-order chi connectivity index (χ1) is 38.7. The second-order valence-corrected chi connectivity index (χ2v) is 19.9. The van der Waals surface area contributed by atoms with Gasteiger partial charge in [0.2, 0.25) is 5.91 Å². The predicted octanol–water partition coefficient (Wildman–Crippen LogP) is 10.9. The highest BCUT2D eigenvalue weighted by Crippen LogP contribution is 2.13. The molecule has 0 radical (unpaired) electrons. The van der Waals surface area contributed by atoms with Gasteiger partial charge in [-0.3, -0.25) is 4.79 Å². The fraction of sp³-hybridized carbons (Fsp3) is 0.918. The van der Waals surface area contributed by atoms with Crippen LogP contribution in [0.15, 0.2) is 12.2 Å². The Hall–Kier alpha value is -2.33. The quantitative estimate of drug-likeness (QED) is 0.0294. The van der Waals surface area contributed by atoms with Crippen molar-refractivity contribution in [2.24, 2.45) is 5.73 Å². The molecule has 0 aliphatic carbocycles. The summed E-state index contributed by atoms with van der Waals surface area (Å²) in [6.07, 6.45) is 33.1. The van der Waals surface area contributed by atoms with Crippen LogP contribution in [0.2, 0.25) is 0 Å². The molecule has 472 valence electrons. The van der Waals surface area contributed by atoms with E-state index < -0.39 is 11.7 Å². The lowest BCUT2D eigenvalue weighted by Crippen LogP contribution is -2.35. The first kappa shape index (κ1) is 80.9. The molecule has 0 aromatic carbocycles. The number of unbranched alkanes of at least 4 members (excludes halogenated alkanes) is 19. The molecular weight excluding hydrogens is 1010 g/mol.